The smallest absolute Gasteiger partial charge is 0.222 e. The topological polar surface area (TPSA) is 72.5 Å². The number of aliphatic imine (C=N–C) groups is 1. The summed E-state index contributed by atoms with van der Waals surface area (Å²) in [6, 6.07) is 13.1. The Kier molecular flexibility index (Phi) is 8.49. The van der Waals surface area contributed by atoms with Crippen LogP contribution < -0.4 is 10.6 Å². The van der Waals surface area contributed by atoms with Crippen molar-refractivity contribution in [2.45, 2.75) is 32.4 Å². The second kappa shape index (κ2) is 11.3. The first kappa shape index (κ1) is 24.0. The Bertz CT molecular complexity index is 1100. The number of hydrogen-bond acceptors (Lipinski definition) is 2. The molecule has 0 bridgehead atoms. The van der Waals surface area contributed by atoms with Gasteiger partial charge < -0.3 is 20.5 Å². The average Bonchev–Trinajstić information content (AvgIpc) is 3.36. The van der Waals surface area contributed by atoms with E-state index in [0.29, 0.717) is 32.0 Å². The van der Waals surface area contributed by atoms with Crippen LogP contribution in [0.5, 0.6) is 0 Å². The Hall–Kier alpha value is -2.62. The standard InChI is InChI=1S/C24H28FN5O.HI/c1-26-24(27-10-9-19-15-28-22-8-7-20(25)13-21(19)22)29-14-17-4-2-5-18(12-17)16-30-11-3-6-23(30)31;/h2,4-5,7-8,12-13,15,28H,3,6,9-11,14,16H2,1H3,(H2,26,27,29);1H. The largest absolute Gasteiger partial charge is 0.361 e. The third-order valence-electron chi connectivity index (χ3n) is 5.64. The van der Waals surface area contributed by atoms with Crippen LogP contribution in [0.1, 0.15) is 29.5 Å². The number of aromatic nitrogens is 1. The summed E-state index contributed by atoms with van der Waals surface area (Å²) >= 11 is 0. The molecule has 4 rings (SSSR count). The molecule has 1 amide bonds. The highest BCUT2D eigenvalue weighted by molar-refractivity contribution is 14.0. The molecule has 1 saturated heterocycles. The SMILES string of the molecule is CN=C(NCCc1c[nH]c2ccc(F)cc12)NCc1cccc(CN2CCCC2=O)c1.I. The minimum atomic E-state index is -0.227. The molecule has 3 aromatic rings. The van der Waals surface area contributed by atoms with E-state index >= 15 is 0 Å². The normalized spacial score (nSPS) is 14.0. The van der Waals surface area contributed by atoms with Crippen LogP contribution >= 0.6 is 24.0 Å². The van der Waals surface area contributed by atoms with Crippen molar-refractivity contribution in [2.75, 3.05) is 20.1 Å². The molecule has 2 aromatic carbocycles. The fraction of sp³-hybridized carbons (Fsp3) is 0.333. The number of halogens is 2. The van der Waals surface area contributed by atoms with Gasteiger partial charge in [-0.15, -0.1) is 24.0 Å². The molecule has 1 aromatic heterocycles. The number of fused-ring (bicyclic) bond motifs is 1. The first-order valence-electron chi connectivity index (χ1n) is 10.7. The number of guanidine groups is 1. The first-order valence-corrected chi connectivity index (χ1v) is 10.7. The number of hydrogen-bond donors (Lipinski definition) is 3. The van der Waals surface area contributed by atoms with Gasteiger partial charge in [0.25, 0.3) is 0 Å². The summed E-state index contributed by atoms with van der Waals surface area (Å²) in [5, 5.41) is 7.56. The number of nitrogens with one attached hydrogen (secondary N) is 3. The molecule has 2 heterocycles. The van der Waals surface area contributed by atoms with E-state index in [-0.39, 0.29) is 35.7 Å². The van der Waals surface area contributed by atoms with Crippen molar-refractivity contribution in [3.8, 4) is 0 Å². The van der Waals surface area contributed by atoms with E-state index in [4.69, 9.17) is 0 Å². The molecule has 0 spiro atoms. The Morgan fingerprint density at radius 1 is 1.19 bits per heavy atom. The maximum absolute atomic E-state index is 13.5. The lowest BCUT2D eigenvalue weighted by molar-refractivity contribution is -0.128. The average molecular weight is 549 g/mol. The zero-order chi connectivity index (χ0) is 21.6. The number of nitrogens with zero attached hydrogens (tertiary/aromatic N) is 2. The van der Waals surface area contributed by atoms with Gasteiger partial charge in [0.2, 0.25) is 5.91 Å². The minimum absolute atomic E-state index is 0. The van der Waals surface area contributed by atoms with Gasteiger partial charge in [-0.05, 0) is 47.7 Å². The number of rotatable bonds is 7. The van der Waals surface area contributed by atoms with E-state index in [2.05, 4.69) is 38.8 Å². The van der Waals surface area contributed by atoms with Gasteiger partial charge in [0.05, 0.1) is 0 Å². The van der Waals surface area contributed by atoms with E-state index < -0.39 is 0 Å². The van der Waals surface area contributed by atoms with Crippen LogP contribution in [0.4, 0.5) is 4.39 Å². The van der Waals surface area contributed by atoms with Gasteiger partial charge in [-0.2, -0.15) is 0 Å². The van der Waals surface area contributed by atoms with Crippen molar-refractivity contribution >= 4 is 46.7 Å². The molecule has 0 saturated carbocycles. The van der Waals surface area contributed by atoms with Gasteiger partial charge in [0, 0.05) is 56.7 Å². The van der Waals surface area contributed by atoms with Crippen molar-refractivity contribution in [1.29, 1.82) is 0 Å². The molecule has 0 unspecified atom stereocenters. The van der Waals surface area contributed by atoms with E-state index in [1.807, 2.05) is 17.2 Å². The number of H-pyrrole nitrogens is 1. The number of aromatic amines is 1. The van der Waals surface area contributed by atoms with Gasteiger partial charge in [-0.3, -0.25) is 9.79 Å². The zero-order valence-corrected chi connectivity index (χ0v) is 20.5. The Labute approximate surface area is 204 Å². The van der Waals surface area contributed by atoms with Crippen LogP contribution in [-0.2, 0) is 24.3 Å². The highest BCUT2D eigenvalue weighted by Gasteiger charge is 2.19. The van der Waals surface area contributed by atoms with Gasteiger partial charge in [0.1, 0.15) is 5.82 Å². The summed E-state index contributed by atoms with van der Waals surface area (Å²) in [6.07, 6.45) is 4.30. The molecular formula is C24H29FIN5O. The zero-order valence-electron chi connectivity index (χ0n) is 18.2. The summed E-state index contributed by atoms with van der Waals surface area (Å²) in [6.45, 7) is 2.84. The first-order chi connectivity index (χ1) is 15.1. The van der Waals surface area contributed by atoms with Crippen molar-refractivity contribution in [2.24, 2.45) is 4.99 Å². The molecule has 8 heteroatoms. The van der Waals surface area contributed by atoms with Crippen LogP contribution in [0.3, 0.4) is 0 Å². The summed E-state index contributed by atoms with van der Waals surface area (Å²) in [7, 11) is 1.74. The molecule has 6 nitrogen and oxygen atoms in total. The third kappa shape index (κ3) is 5.99. The van der Waals surface area contributed by atoms with Gasteiger partial charge >= 0.3 is 0 Å². The molecule has 1 fully saturated rings. The van der Waals surface area contributed by atoms with E-state index in [1.54, 1.807) is 19.2 Å². The number of carbonyl (C=O) groups is 1. The molecule has 170 valence electrons. The molecule has 0 radical (unpaired) electrons. The van der Waals surface area contributed by atoms with E-state index in [1.165, 1.54) is 6.07 Å². The predicted octanol–water partition coefficient (Wildman–Crippen LogP) is 3.96. The Balaban J connectivity index is 0.00000289. The highest BCUT2D eigenvalue weighted by atomic mass is 127. The molecule has 1 aliphatic heterocycles. The quantitative estimate of drug-likeness (QED) is 0.238. The fourth-order valence-corrected chi connectivity index (χ4v) is 4.01. The molecule has 3 N–H and O–H groups in total. The number of likely N-dealkylation sites (tertiary alicyclic amines) is 1. The number of carbonyl (C=O) groups excluding carboxylic acids is 1. The fourth-order valence-electron chi connectivity index (χ4n) is 4.01. The summed E-state index contributed by atoms with van der Waals surface area (Å²) < 4.78 is 13.5. The summed E-state index contributed by atoms with van der Waals surface area (Å²) in [5.41, 5.74) is 4.29. The van der Waals surface area contributed by atoms with Gasteiger partial charge in [0.15, 0.2) is 5.96 Å². The van der Waals surface area contributed by atoms with Gasteiger partial charge in [-0.1, -0.05) is 24.3 Å². The van der Waals surface area contributed by atoms with Crippen molar-refractivity contribution in [1.82, 2.24) is 20.5 Å². The van der Waals surface area contributed by atoms with Crippen molar-refractivity contribution in [3.05, 3.63) is 71.2 Å². The Morgan fingerprint density at radius 2 is 2.03 bits per heavy atom. The maximum atomic E-state index is 13.5. The maximum Gasteiger partial charge on any atom is 0.222 e. The highest BCUT2D eigenvalue weighted by Crippen LogP contribution is 2.19. The number of amides is 1. The molecule has 1 aliphatic rings. The molecule has 0 aliphatic carbocycles. The van der Waals surface area contributed by atoms with Crippen LogP contribution in [-0.4, -0.2) is 41.9 Å². The van der Waals surface area contributed by atoms with E-state index in [9.17, 15) is 9.18 Å². The molecule has 0 atom stereocenters. The van der Waals surface area contributed by atoms with Crippen LogP contribution in [0.25, 0.3) is 10.9 Å². The lowest BCUT2D eigenvalue weighted by Crippen LogP contribution is -2.37. The minimum Gasteiger partial charge on any atom is -0.361 e. The summed E-state index contributed by atoms with van der Waals surface area (Å²) in [4.78, 5) is 21.3. The van der Waals surface area contributed by atoms with Crippen molar-refractivity contribution < 1.29 is 9.18 Å². The lowest BCUT2D eigenvalue weighted by atomic mass is 10.1. The second-order valence-electron chi connectivity index (χ2n) is 7.85. The van der Waals surface area contributed by atoms with E-state index in [0.717, 1.165) is 47.0 Å². The monoisotopic (exact) mass is 549 g/mol. The molecule has 32 heavy (non-hydrogen) atoms. The van der Waals surface area contributed by atoms with Crippen LogP contribution in [0, 0.1) is 5.82 Å². The third-order valence-corrected chi connectivity index (χ3v) is 5.64. The lowest BCUT2D eigenvalue weighted by Gasteiger charge is -2.16. The Morgan fingerprint density at radius 3 is 2.81 bits per heavy atom. The second-order valence-corrected chi connectivity index (χ2v) is 7.85. The molecular weight excluding hydrogens is 520 g/mol. The van der Waals surface area contributed by atoms with Crippen LogP contribution in [0.2, 0.25) is 0 Å². The van der Waals surface area contributed by atoms with Gasteiger partial charge in [-0.25, -0.2) is 4.39 Å². The van der Waals surface area contributed by atoms with Crippen LogP contribution in [0.15, 0.2) is 53.7 Å². The summed E-state index contributed by atoms with van der Waals surface area (Å²) in [5.74, 6) is 0.729. The predicted molar refractivity (Wildman–Crippen MR) is 137 cm³/mol. The number of benzene rings is 2. The van der Waals surface area contributed by atoms with Crippen molar-refractivity contribution in [3.63, 3.8) is 0 Å².